The van der Waals surface area contributed by atoms with Crippen molar-refractivity contribution in [2.45, 2.75) is 26.0 Å². The summed E-state index contributed by atoms with van der Waals surface area (Å²) in [5, 5.41) is 0. The molecule has 0 aliphatic rings. The second-order valence-corrected chi connectivity index (χ2v) is 4.45. The topological polar surface area (TPSA) is 60.2 Å². The molecule has 0 spiro atoms. The predicted octanol–water partition coefficient (Wildman–Crippen LogP) is 1.77. The van der Waals surface area contributed by atoms with Gasteiger partial charge in [-0.05, 0) is 41.4 Å². The van der Waals surface area contributed by atoms with E-state index >= 15 is 0 Å². The first-order chi connectivity index (χ1) is 7.13. The lowest BCUT2D eigenvalue weighted by molar-refractivity contribution is 0.0611. The van der Waals surface area contributed by atoms with E-state index in [4.69, 9.17) is 10.6 Å². The molecular formula is C10H16BrN3O. The fraction of sp³-hybridized carbons (Fsp3) is 0.500. The highest BCUT2D eigenvalue weighted by molar-refractivity contribution is 9.10. The van der Waals surface area contributed by atoms with Gasteiger partial charge in [0.2, 0.25) is 0 Å². The maximum Gasteiger partial charge on any atom is 0.0709 e. The SMILES string of the molecule is CC(C)OCC(NN)c1cncc(Br)c1. The molecule has 1 rings (SSSR count). The van der Waals surface area contributed by atoms with E-state index in [1.165, 1.54) is 0 Å². The fourth-order valence-electron chi connectivity index (χ4n) is 1.15. The van der Waals surface area contributed by atoms with Crippen LogP contribution < -0.4 is 11.3 Å². The van der Waals surface area contributed by atoms with Crippen molar-refractivity contribution in [1.29, 1.82) is 0 Å². The normalized spacial score (nSPS) is 13.1. The van der Waals surface area contributed by atoms with Crippen LogP contribution in [0, 0.1) is 0 Å². The van der Waals surface area contributed by atoms with Crippen LogP contribution in [0.3, 0.4) is 0 Å². The van der Waals surface area contributed by atoms with Gasteiger partial charge in [-0.25, -0.2) is 0 Å². The van der Waals surface area contributed by atoms with Crippen LogP contribution in [0.5, 0.6) is 0 Å². The van der Waals surface area contributed by atoms with Crippen molar-refractivity contribution >= 4 is 15.9 Å². The fourth-order valence-corrected chi connectivity index (χ4v) is 1.53. The lowest BCUT2D eigenvalue weighted by Crippen LogP contribution is -2.32. The first kappa shape index (κ1) is 12.6. The molecule has 0 fully saturated rings. The van der Waals surface area contributed by atoms with Gasteiger partial charge in [-0.15, -0.1) is 0 Å². The van der Waals surface area contributed by atoms with E-state index in [1.807, 2.05) is 19.9 Å². The Labute approximate surface area is 98.3 Å². The second-order valence-electron chi connectivity index (χ2n) is 3.54. The summed E-state index contributed by atoms with van der Waals surface area (Å²) in [6.45, 7) is 4.52. The maximum absolute atomic E-state index is 5.50. The molecule has 15 heavy (non-hydrogen) atoms. The molecule has 0 aliphatic heterocycles. The number of nitrogens with two attached hydrogens (primary N) is 1. The summed E-state index contributed by atoms with van der Waals surface area (Å²) >= 11 is 3.37. The van der Waals surface area contributed by atoms with Gasteiger partial charge in [-0.2, -0.15) is 0 Å². The van der Waals surface area contributed by atoms with Gasteiger partial charge in [-0.1, -0.05) is 0 Å². The number of hydrogen-bond acceptors (Lipinski definition) is 4. The van der Waals surface area contributed by atoms with Crippen molar-refractivity contribution in [1.82, 2.24) is 10.4 Å². The third-order valence-corrected chi connectivity index (χ3v) is 2.36. The molecule has 0 saturated carbocycles. The lowest BCUT2D eigenvalue weighted by atomic mass is 10.1. The molecule has 1 aromatic rings. The summed E-state index contributed by atoms with van der Waals surface area (Å²) in [7, 11) is 0. The first-order valence-electron chi connectivity index (χ1n) is 4.81. The largest absolute Gasteiger partial charge is 0.377 e. The Hall–Kier alpha value is -0.490. The molecule has 3 N–H and O–H groups in total. The number of hydrazine groups is 1. The molecule has 0 aromatic carbocycles. The molecule has 1 heterocycles. The van der Waals surface area contributed by atoms with E-state index in [0.29, 0.717) is 6.61 Å². The zero-order chi connectivity index (χ0) is 11.3. The van der Waals surface area contributed by atoms with Crippen LogP contribution in [0.1, 0.15) is 25.5 Å². The summed E-state index contributed by atoms with van der Waals surface area (Å²) in [6.07, 6.45) is 3.71. The van der Waals surface area contributed by atoms with Gasteiger partial charge in [0.25, 0.3) is 0 Å². The Morgan fingerprint density at radius 1 is 1.53 bits per heavy atom. The highest BCUT2D eigenvalue weighted by atomic mass is 79.9. The summed E-state index contributed by atoms with van der Waals surface area (Å²) in [5.41, 5.74) is 3.72. The Bertz CT molecular complexity index is 306. The number of pyridine rings is 1. The predicted molar refractivity (Wildman–Crippen MR) is 63.1 cm³/mol. The van der Waals surface area contributed by atoms with Gasteiger partial charge < -0.3 is 4.74 Å². The van der Waals surface area contributed by atoms with Crippen molar-refractivity contribution in [2.24, 2.45) is 5.84 Å². The average Bonchev–Trinajstić information content (AvgIpc) is 2.18. The zero-order valence-electron chi connectivity index (χ0n) is 8.90. The Morgan fingerprint density at radius 2 is 2.27 bits per heavy atom. The van der Waals surface area contributed by atoms with Crippen LogP contribution >= 0.6 is 15.9 Å². The van der Waals surface area contributed by atoms with Gasteiger partial charge in [-0.3, -0.25) is 16.3 Å². The van der Waals surface area contributed by atoms with E-state index in [9.17, 15) is 0 Å². The van der Waals surface area contributed by atoms with Crippen molar-refractivity contribution in [3.05, 3.63) is 28.5 Å². The van der Waals surface area contributed by atoms with Crippen molar-refractivity contribution in [3.63, 3.8) is 0 Å². The standard InChI is InChI=1S/C10H16BrN3O/c1-7(2)15-6-10(14-12)8-3-9(11)5-13-4-8/h3-5,7,10,14H,6,12H2,1-2H3. The summed E-state index contributed by atoms with van der Waals surface area (Å²) < 4.78 is 6.44. The molecule has 84 valence electrons. The molecule has 0 saturated heterocycles. The van der Waals surface area contributed by atoms with Crippen LogP contribution in [0.25, 0.3) is 0 Å². The molecule has 0 bridgehead atoms. The van der Waals surface area contributed by atoms with Crippen LogP contribution in [0.2, 0.25) is 0 Å². The third-order valence-electron chi connectivity index (χ3n) is 1.93. The van der Waals surface area contributed by atoms with Crippen LogP contribution in [-0.4, -0.2) is 17.7 Å². The minimum Gasteiger partial charge on any atom is -0.377 e. The minimum atomic E-state index is -0.0302. The number of rotatable bonds is 5. The van der Waals surface area contributed by atoms with Gasteiger partial charge in [0.1, 0.15) is 0 Å². The lowest BCUT2D eigenvalue weighted by Gasteiger charge is -2.17. The average molecular weight is 274 g/mol. The molecule has 4 nitrogen and oxygen atoms in total. The van der Waals surface area contributed by atoms with Gasteiger partial charge in [0.15, 0.2) is 0 Å². The molecule has 0 amide bonds. The number of aromatic nitrogens is 1. The number of nitrogens with one attached hydrogen (secondary N) is 1. The van der Waals surface area contributed by atoms with Gasteiger partial charge in [0.05, 0.1) is 18.8 Å². The highest BCUT2D eigenvalue weighted by Gasteiger charge is 2.11. The van der Waals surface area contributed by atoms with Crippen molar-refractivity contribution < 1.29 is 4.74 Å². The van der Waals surface area contributed by atoms with Crippen molar-refractivity contribution in [3.8, 4) is 0 Å². The number of ether oxygens (including phenoxy) is 1. The third kappa shape index (κ3) is 4.25. The number of nitrogens with zero attached hydrogens (tertiary/aromatic N) is 1. The number of hydrogen-bond donors (Lipinski definition) is 2. The van der Waals surface area contributed by atoms with Gasteiger partial charge >= 0.3 is 0 Å². The Kier molecular flexibility index (Phi) is 5.17. The molecule has 1 unspecified atom stereocenters. The van der Waals surface area contributed by atoms with Crippen molar-refractivity contribution in [2.75, 3.05) is 6.61 Å². The summed E-state index contributed by atoms with van der Waals surface area (Å²) in [6, 6.07) is 1.94. The summed E-state index contributed by atoms with van der Waals surface area (Å²) in [5.74, 6) is 5.47. The van der Waals surface area contributed by atoms with Crippen LogP contribution in [0.4, 0.5) is 0 Å². The highest BCUT2D eigenvalue weighted by Crippen LogP contribution is 2.16. The maximum atomic E-state index is 5.50. The molecule has 0 aliphatic carbocycles. The van der Waals surface area contributed by atoms with E-state index in [0.717, 1.165) is 10.0 Å². The van der Waals surface area contributed by atoms with E-state index < -0.39 is 0 Å². The first-order valence-corrected chi connectivity index (χ1v) is 5.61. The summed E-state index contributed by atoms with van der Waals surface area (Å²) in [4.78, 5) is 4.08. The molecule has 1 aromatic heterocycles. The van der Waals surface area contributed by atoms with Gasteiger partial charge in [0, 0.05) is 16.9 Å². The molecule has 0 radical (unpaired) electrons. The van der Waals surface area contributed by atoms with Crippen LogP contribution in [-0.2, 0) is 4.74 Å². The van der Waals surface area contributed by atoms with E-state index in [-0.39, 0.29) is 12.1 Å². The number of halogens is 1. The smallest absolute Gasteiger partial charge is 0.0709 e. The van der Waals surface area contributed by atoms with E-state index in [2.05, 4.69) is 26.3 Å². The zero-order valence-corrected chi connectivity index (χ0v) is 10.5. The van der Waals surface area contributed by atoms with Crippen LogP contribution in [0.15, 0.2) is 22.9 Å². The Morgan fingerprint density at radius 3 is 2.80 bits per heavy atom. The molecule has 1 atom stereocenters. The van der Waals surface area contributed by atoms with E-state index in [1.54, 1.807) is 12.4 Å². The molecular weight excluding hydrogens is 258 g/mol. The second kappa shape index (κ2) is 6.17. The monoisotopic (exact) mass is 273 g/mol. The quantitative estimate of drug-likeness (QED) is 0.634. The molecule has 5 heteroatoms. The Balaban J connectivity index is 2.65. The minimum absolute atomic E-state index is 0.0302.